The second-order valence-corrected chi connectivity index (χ2v) is 3.90. The molecule has 0 radical (unpaired) electrons. The van der Waals surface area contributed by atoms with Crippen molar-refractivity contribution < 1.29 is 4.79 Å². The normalized spacial score (nSPS) is 22.3. The molecule has 0 aromatic carbocycles. The summed E-state index contributed by atoms with van der Waals surface area (Å²) in [7, 11) is 0. The highest BCUT2D eigenvalue weighted by atomic mass is 32.2. The second kappa shape index (κ2) is 4.50. The van der Waals surface area contributed by atoms with Gasteiger partial charge in [-0.1, -0.05) is 13.8 Å². The Morgan fingerprint density at radius 3 is 2.83 bits per heavy atom. The Hall–Kier alpha value is -0.510. The summed E-state index contributed by atoms with van der Waals surface area (Å²) in [5, 5.41) is 2.78. The van der Waals surface area contributed by atoms with E-state index in [-0.39, 0.29) is 11.9 Å². The summed E-state index contributed by atoms with van der Waals surface area (Å²) in [5.41, 5.74) is 0. The van der Waals surface area contributed by atoms with Gasteiger partial charge >= 0.3 is 0 Å². The number of carbonyl (C=O) groups is 1. The smallest absolute Gasteiger partial charge is 0.250 e. The van der Waals surface area contributed by atoms with Crippen LogP contribution < -0.4 is 5.32 Å². The maximum atomic E-state index is 11.1. The zero-order chi connectivity index (χ0) is 8.97. The van der Waals surface area contributed by atoms with Crippen LogP contribution >= 0.6 is 11.8 Å². The lowest BCUT2D eigenvalue weighted by Gasteiger charge is -1.97. The highest BCUT2D eigenvalue weighted by Crippen LogP contribution is 2.07. The molecule has 1 heterocycles. The van der Waals surface area contributed by atoms with Gasteiger partial charge in [0.25, 0.3) is 0 Å². The van der Waals surface area contributed by atoms with Crippen molar-refractivity contribution in [2.75, 3.05) is 11.5 Å². The molecule has 1 aliphatic heterocycles. The molecule has 0 saturated carbocycles. The number of amidine groups is 1. The van der Waals surface area contributed by atoms with Crippen LogP contribution in [-0.4, -0.2) is 29.3 Å². The topological polar surface area (TPSA) is 41.5 Å². The summed E-state index contributed by atoms with van der Waals surface area (Å²) in [6.07, 6.45) is 0.798. The molecule has 0 saturated heterocycles. The molecule has 1 amide bonds. The lowest BCUT2D eigenvalue weighted by molar-refractivity contribution is -0.120. The van der Waals surface area contributed by atoms with Gasteiger partial charge in [-0.25, -0.2) is 0 Å². The molecule has 12 heavy (non-hydrogen) atoms. The standard InChI is InChI=1S/C8H14N2OS/c1-3-6-8(11)10-7(9-6)5-12-4-2/h6H,3-5H2,1-2H3,(H,9,10,11). The number of carbonyl (C=O) groups excluding carboxylic acids is 1. The van der Waals surface area contributed by atoms with Gasteiger partial charge in [-0.2, -0.15) is 11.8 Å². The largest absolute Gasteiger partial charge is 0.312 e. The molecular weight excluding hydrogens is 172 g/mol. The molecule has 0 aromatic heterocycles. The third-order valence-electron chi connectivity index (χ3n) is 1.71. The molecule has 68 valence electrons. The number of aliphatic imine (C=N–C) groups is 1. The van der Waals surface area contributed by atoms with Crippen LogP contribution in [0.3, 0.4) is 0 Å². The van der Waals surface area contributed by atoms with E-state index in [1.165, 1.54) is 0 Å². The van der Waals surface area contributed by atoms with Gasteiger partial charge in [0.2, 0.25) is 5.91 Å². The van der Waals surface area contributed by atoms with E-state index in [2.05, 4.69) is 17.2 Å². The molecule has 1 aliphatic rings. The summed E-state index contributed by atoms with van der Waals surface area (Å²) in [6.45, 7) is 4.07. The maximum Gasteiger partial charge on any atom is 0.250 e. The van der Waals surface area contributed by atoms with Crippen LogP contribution in [0.15, 0.2) is 4.99 Å². The fraction of sp³-hybridized carbons (Fsp3) is 0.750. The number of nitrogens with one attached hydrogen (secondary N) is 1. The Morgan fingerprint density at radius 2 is 2.33 bits per heavy atom. The summed E-state index contributed by atoms with van der Waals surface area (Å²) in [4.78, 5) is 15.4. The quantitative estimate of drug-likeness (QED) is 0.713. The van der Waals surface area contributed by atoms with Crippen molar-refractivity contribution in [1.29, 1.82) is 0 Å². The van der Waals surface area contributed by atoms with E-state index in [0.29, 0.717) is 0 Å². The van der Waals surface area contributed by atoms with E-state index in [0.717, 1.165) is 23.8 Å². The predicted molar refractivity (Wildman–Crippen MR) is 52.7 cm³/mol. The number of hydrogen-bond acceptors (Lipinski definition) is 3. The van der Waals surface area contributed by atoms with E-state index in [1.54, 1.807) is 11.8 Å². The first-order chi connectivity index (χ1) is 5.77. The van der Waals surface area contributed by atoms with Crippen LogP contribution in [-0.2, 0) is 4.79 Å². The zero-order valence-electron chi connectivity index (χ0n) is 7.46. The van der Waals surface area contributed by atoms with Gasteiger partial charge in [-0.3, -0.25) is 9.79 Å². The highest BCUT2D eigenvalue weighted by molar-refractivity contribution is 7.99. The minimum atomic E-state index is -0.127. The third-order valence-corrected chi connectivity index (χ3v) is 2.60. The molecule has 0 fully saturated rings. The van der Waals surface area contributed by atoms with Crippen molar-refractivity contribution in [3.63, 3.8) is 0 Å². The monoisotopic (exact) mass is 186 g/mol. The van der Waals surface area contributed by atoms with Crippen molar-refractivity contribution in [1.82, 2.24) is 5.32 Å². The molecule has 0 bridgehead atoms. The second-order valence-electron chi connectivity index (χ2n) is 2.63. The summed E-state index contributed by atoms with van der Waals surface area (Å²) in [6, 6.07) is -0.127. The fourth-order valence-corrected chi connectivity index (χ4v) is 1.60. The minimum Gasteiger partial charge on any atom is -0.312 e. The Balaban J connectivity index is 2.42. The average molecular weight is 186 g/mol. The first-order valence-electron chi connectivity index (χ1n) is 4.23. The average Bonchev–Trinajstić information content (AvgIpc) is 2.43. The zero-order valence-corrected chi connectivity index (χ0v) is 8.28. The molecule has 0 spiro atoms. The number of hydrogen-bond donors (Lipinski definition) is 1. The highest BCUT2D eigenvalue weighted by Gasteiger charge is 2.23. The molecule has 0 aliphatic carbocycles. The van der Waals surface area contributed by atoms with Crippen molar-refractivity contribution >= 4 is 23.5 Å². The van der Waals surface area contributed by atoms with Crippen molar-refractivity contribution in [2.24, 2.45) is 4.99 Å². The first-order valence-corrected chi connectivity index (χ1v) is 5.38. The van der Waals surface area contributed by atoms with Gasteiger partial charge in [0.05, 0.1) is 5.75 Å². The van der Waals surface area contributed by atoms with Gasteiger partial charge in [-0.05, 0) is 12.2 Å². The predicted octanol–water partition coefficient (Wildman–Crippen LogP) is 1.05. The van der Waals surface area contributed by atoms with E-state index in [9.17, 15) is 4.79 Å². The van der Waals surface area contributed by atoms with Crippen LogP contribution in [0, 0.1) is 0 Å². The number of nitrogens with zero attached hydrogens (tertiary/aromatic N) is 1. The Labute approximate surface area is 77.0 Å². The lowest BCUT2D eigenvalue weighted by atomic mass is 10.2. The molecule has 1 N–H and O–H groups in total. The number of rotatable bonds is 4. The van der Waals surface area contributed by atoms with E-state index in [1.807, 2.05) is 6.92 Å². The van der Waals surface area contributed by atoms with Crippen molar-refractivity contribution in [2.45, 2.75) is 26.3 Å². The number of thioether (sulfide) groups is 1. The molecule has 3 nitrogen and oxygen atoms in total. The van der Waals surface area contributed by atoms with Gasteiger partial charge < -0.3 is 5.32 Å². The van der Waals surface area contributed by atoms with Gasteiger partial charge in [0.1, 0.15) is 11.9 Å². The van der Waals surface area contributed by atoms with Crippen LogP contribution in [0.1, 0.15) is 20.3 Å². The third kappa shape index (κ3) is 2.24. The SMILES string of the molecule is CCSCC1=NC(CC)C(=O)N1. The Bertz CT molecular complexity index is 203. The summed E-state index contributed by atoms with van der Waals surface area (Å²) >= 11 is 1.77. The maximum absolute atomic E-state index is 11.1. The Morgan fingerprint density at radius 1 is 1.58 bits per heavy atom. The van der Waals surface area contributed by atoms with E-state index in [4.69, 9.17) is 0 Å². The van der Waals surface area contributed by atoms with Crippen LogP contribution in [0.25, 0.3) is 0 Å². The lowest BCUT2D eigenvalue weighted by Crippen LogP contribution is -2.29. The van der Waals surface area contributed by atoms with Gasteiger partial charge in [0, 0.05) is 0 Å². The van der Waals surface area contributed by atoms with Gasteiger partial charge in [0.15, 0.2) is 0 Å². The van der Waals surface area contributed by atoms with Crippen LogP contribution in [0.5, 0.6) is 0 Å². The van der Waals surface area contributed by atoms with Crippen LogP contribution in [0.2, 0.25) is 0 Å². The van der Waals surface area contributed by atoms with E-state index >= 15 is 0 Å². The summed E-state index contributed by atoms with van der Waals surface area (Å²) in [5.74, 6) is 2.80. The number of amides is 1. The first kappa shape index (κ1) is 9.58. The summed E-state index contributed by atoms with van der Waals surface area (Å²) < 4.78 is 0. The molecule has 1 atom stereocenters. The Kier molecular flexibility index (Phi) is 3.59. The van der Waals surface area contributed by atoms with Crippen molar-refractivity contribution in [3.8, 4) is 0 Å². The van der Waals surface area contributed by atoms with Crippen LogP contribution in [0.4, 0.5) is 0 Å². The van der Waals surface area contributed by atoms with Gasteiger partial charge in [-0.15, -0.1) is 0 Å². The molecule has 1 rings (SSSR count). The molecule has 1 unspecified atom stereocenters. The van der Waals surface area contributed by atoms with Crippen molar-refractivity contribution in [3.05, 3.63) is 0 Å². The molecule has 4 heteroatoms. The van der Waals surface area contributed by atoms with E-state index < -0.39 is 0 Å². The minimum absolute atomic E-state index is 0.0594. The fourth-order valence-electron chi connectivity index (χ4n) is 1.05. The molecular formula is C8H14N2OS. The molecule has 0 aromatic rings.